The lowest BCUT2D eigenvalue weighted by Gasteiger charge is -2.18. The Morgan fingerprint density at radius 1 is 0.759 bits per heavy atom. The van der Waals surface area contributed by atoms with Gasteiger partial charge in [0.25, 0.3) is 0 Å². The van der Waals surface area contributed by atoms with Gasteiger partial charge in [-0.05, 0) is 35.4 Å². The molecule has 0 aromatic heterocycles. The topological polar surface area (TPSA) is 58.2 Å². The standard InChI is InChI=1S/C21H27NO5S2/c1-22-14-7-13(10-15(23-2)19(14)26-5)21-28-11-18(29-21)12-8-16(24-3)20(27-6)17(9-12)25-4/h7-10,18,21-22H,11H2,1-6H3/t18-,21+/m1/s1. The van der Waals surface area contributed by atoms with E-state index in [-0.39, 0.29) is 4.58 Å². The summed E-state index contributed by atoms with van der Waals surface area (Å²) in [5.41, 5.74) is 3.27. The predicted octanol–water partition coefficient (Wildman–Crippen LogP) is 4.99. The molecule has 2 aromatic rings. The summed E-state index contributed by atoms with van der Waals surface area (Å²) in [6.45, 7) is 0. The minimum Gasteiger partial charge on any atom is -0.493 e. The van der Waals surface area contributed by atoms with Gasteiger partial charge in [0, 0.05) is 18.1 Å². The normalized spacial score (nSPS) is 18.3. The van der Waals surface area contributed by atoms with Gasteiger partial charge in [0.05, 0.1) is 45.8 Å². The van der Waals surface area contributed by atoms with Gasteiger partial charge >= 0.3 is 0 Å². The third-order valence-electron chi connectivity index (χ3n) is 4.79. The number of rotatable bonds is 8. The summed E-state index contributed by atoms with van der Waals surface area (Å²) in [5, 5.41) is 3.51. The van der Waals surface area contributed by atoms with Gasteiger partial charge in [0.2, 0.25) is 5.75 Å². The maximum Gasteiger partial charge on any atom is 0.203 e. The summed E-state index contributed by atoms with van der Waals surface area (Å²) in [5.74, 6) is 4.40. The van der Waals surface area contributed by atoms with Crippen molar-refractivity contribution in [2.75, 3.05) is 53.7 Å². The Hall–Kier alpha value is -2.06. The summed E-state index contributed by atoms with van der Waals surface area (Å²) in [6, 6.07) is 8.26. The highest BCUT2D eigenvalue weighted by Gasteiger charge is 2.31. The van der Waals surface area contributed by atoms with Gasteiger partial charge in [-0.2, -0.15) is 0 Å². The fourth-order valence-corrected chi connectivity index (χ4v) is 6.60. The van der Waals surface area contributed by atoms with Gasteiger partial charge < -0.3 is 29.0 Å². The molecule has 1 saturated heterocycles. The maximum absolute atomic E-state index is 5.55. The van der Waals surface area contributed by atoms with Crippen molar-refractivity contribution < 1.29 is 23.7 Å². The minimum atomic E-state index is 0.283. The van der Waals surface area contributed by atoms with Crippen LogP contribution in [0.3, 0.4) is 0 Å². The van der Waals surface area contributed by atoms with Gasteiger partial charge in [0.15, 0.2) is 23.0 Å². The predicted molar refractivity (Wildman–Crippen MR) is 121 cm³/mol. The zero-order chi connectivity index (χ0) is 21.0. The van der Waals surface area contributed by atoms with Gasteiger partial charge in [-0.3, -0.25) is 0 Å². The SMILES string of the molecule is CNc1cc([C@H]2SC[C@H](c3cc(OC)c(OC)c(OC)c3)S2)cc(OC)c1OC. The largest absolute Gasteiger partial charge is 0.493 e. The lowest BCUT2D eigenvalue weighted by Crippen LogP contribution is -2.00. The number of hydrogen-bond acceptors (Lipinski definition) is 8. The fraction of sp³-hybridized carbons (Fsp3) is 0.429. The molecule has 1 N–H and O–H groups in total. The van der Waals surface area contributed by atoms with E-state index in [0.717, 1.165) is 22.8 Å². The van der Waals surface area contributed by atoms with E-state index >= 15 is 0 Å². The van der Waals surface area contributed by atoms with Crippen LogP contribution in [0.25, 0.3) is 0 Å². The van der Waals surface area contributed by atoms with Crippen LogP contribution in [0.2, 0.25) is 0 Å². The molecule has 29 heavy (non-hydrogen) atoms. The van der Waals surface area contributed by atoms with E-state index in [1.807, 2.05) is 42.7 Å². The van der Waals surface area contributed by atoms with Crippen molar-refractivity contribution in [1.82, 2.24) is 0 Å². The molecule has 0 aliphatic carbocycles. The van der Waals surface area contributed by atoms with Crippen LogP contribution < -0.4 is 29.0 Å². The van der Waals surface area contributed by atoms with E-state index in [2.05, 4.69) is 17.4 Å². The molecule has 0 bridgehead atoms. The number of methoxy groups -OCH3 is 5. The van der Waals surface area contributed by atoms with E-state index in [1.165, 1.54) is 5.56 Å². The number of anilines is 1. The van der Waals surface area contributed by atoms with Crippen LogP contribution in [0.1, 0.15) is 21.0 Å². The van der Waals surface area contributed by atoms with Gasteiger partial charge in [-0.15, -0.1) is 23.5 Å². The molecule has 0 spiro atoms. The van der Waals surface area contributed by atoms with Crippen LogP contribution in [0.15, 0.2) is 24.3 Å². The number of nitrogens with one attached hydrogen (secondary N) is 1. The first kappa shape index (κ1) is 21.6. The Morgan fingerprint density at radius 2 is 1.31 bits per heavy atom. The van der Waals surface area contributed by atoms with Crippen molar-refractivity contribution in [3.8, 4) is 28.7 Å². The van der Waals surface area contributed by atoms with Crippen molar-refractivity contribution in [3.05, 3.63) is 35.4 Å². The molecule has 0 saturated carbocycles. The van der Waals surface area contributed by atoms with E-state index in [0.29, 0.717) is 28.2 Å². The molecular formula is C21H27NO5S2. The highest BCUT2D eigenvalue weighted by atomic mass is 32.2. The quantitative estimate of drug-likeness (QED) is 0.620. The zero-order valence-electron chi connectivity index (χ0n) is 17.5. The Balaban J connectivity index is 1.89. The van der Waals surface area contributed by atoms with Gasteiger partial charge in [-0.25, -0.2) is 0 Å². The molecule has 1 fully saturated rings. The van der Waals surface area contributed by atoms with Crippen LogP contribution in [0.4, 0.5) is 5.69 Å². The first-order chi connectivity index (χ1) is 14.1. The fourth-order valence-electron chi connectivity index (χ4n) is 3.35. The molecule has 6 nitrogen and oxygen atoms in total. The first-order valence-corrected chi connectivity index (χ1v) is 11.1. The van der Waals surface area contributed by atoms with Crippen molar-refractivity contribution in [1.29, 1.82) is 0 Å². The maximum atomic E-state index is 5.55. The van der Waals surface area contributed by atoms with Gasteiger partial charge in [-0.1, -0.05) is 0 Å². The minimum absolute atomic E-state index is 0.283. The Morgan fingerprint density at radius 3 is 1.83 bits per heavy atom. The molecule has 0 unspecified atom stereocenters. The van der Waals surface area contributed by atoms with Crippen molar-refractivity contribution in [2.24, 2.45) is 0 Å². The second kappa shape index (κ2) is 9.63. The average Bonchev–Trinajstić information content (AvgIpc) is 3.27. The Labute approximate surface area is 180 Å². The third-order valence-corrected chi connectivity index (χ3v) is 8.13. The van der Waals surface area contributed by atoms with Gasteiger partial charge in [0.1, 0.15) is 0 Å². The molecule has 158 valence electrons. The molecule has 0 amide bonds. The van der Waals surface area contributed by atoms with E-state index in [1.54, 1.807) is 35.5 Å². The lowest BCUT2D eigenvalue weighted by molar-refractivity contribution is 0.324. The van der Waals surface area contributed by atoms with Crippen LogP contribution in [0, 0.1) is 0 Å². The molecule has 0 radical (unpaired) electrons. The number of ether oxygens (including phenoxy) is 5. The highest BCUT2D eigenvalue weighted by molar-refractivity contribution is 8.19. The number of hydrogen-bond donors (Lipinski definition) is 1. The smallest absolute Gasteiger partial charge is 0.203 e. The van der Waals surface area contributed by atoms with Crippen LogP contribution >= 0.6 is 23.5 Å². The number of benzene rings is 2. The Bertz CT molecular complexity index is 741. The molecule has 1 aliphatic rings. The molecule has 2 atom stereocenters. The highest BCUT2D eigenvalue weighted by Crippen LogP contribution is 2.58. The van der Waals surface area contributed by atoms with E-state index in [4.69, 9.17) is 23.7 Å². The molecular weight excluding hydrogens is 410 g/mol. The second-order valence-electron chi connectivity index (χ2n) is 6.30. The van der Waals surface area contributed by atoms with Crippen LogP contribution in [-0.4, -0.2) is 48.3 Å². The van der Waals surface area contributed by atoms with E-state index < -0.39 is 0 Å². The lowest BCUT2D eigenvalue weighted by atomic mass is 10.1. The summed E-state index contributed by atoms with van der Waals surface area (Å²) < 4.78 is 27.8. The molecule has 2 aromatic carbocycles. The molecule has 1 aliphatic heterocycles. The van der Waals surface area contributed by atoms with E-state index in [9.17, 15) is 0 Å². The second-order valence-corrected chi connectivity index (χ2v) is 9.05. The van der Waals surface area contributed by atoms with Crippen molar-refractivity contribution in [2.45, 2.75) is 9.83 Å². The van der Waals surface area contributed by atoms with Crippen LogP contribution in [-0.2, 0) is 0 Å². The monoisotopic (exact) mass is 437 g/mol. The average molecular weight is 438 g/mol. The van der Waals surface area contributed by atoms with Crippen LogP contribution in [0.5, 0.6) is 28.7 Å². The summed E-state index contributed by atoms with van der Waals surface area (Å²) in [7, 11) is 10.1. The summed E-state index contributed by atoms with van der Waals surface area (Å²) in [4.78, 5) is 0. The Kier molecular flexibility index (Phi) is 7.18. The zero-order valence-corrected chi connectivity index (χ0v) is 19.2. The van der Waals surface area contributed by atoms with Crippen molar-refractivity contribution in [3.63, 3.8) is 0 Å². The molecule has 8 heteroatoms. The first-order valence-electron chi connectivity index (χ1n) is 9.10. The molecule has 3 rings (SSSR count). The third kappa shape index (κ3) is 4.28. The molecule has 1 heterocycles. The number of thioether (sulfide) groups is 2. The summed E-state index contributed by atoms with van der Waals surface area (Å²) in [6.07, 6.45) is 0. The van der Waals surface area contributed by atoms with Crippen molar-refractivity contribution >= 4 is 29.2 Å². The summed E-state index contributed by atoms with van der Waals surface area (Å²) >= 11 is 3.82.